The molecule has 118 valence electrons. The van der Waals surface area contributed by atoms with Crippen LogP contribution in [-0.4, -0.2) is 32.3 Å². The lowest BCUT2D eigenvalue weighted by atomic mass is 9.86. The molecule has 4 nitrogen and oxygen atoms in total. The first-order valence-electron chi connectivity index (χ1n) is 7.15. The van der Waals surface area contributed by atoms with Crippen LogP contribution in [0.3, 0.4) is 0 Å². The molecule has 0 aliphatic heterocycles. The Kier molecular flexibility index (Phi) is 5.40. The summed E-state index contributed by atoms with van der Waals surface area (Å²) in [5.74, 6) is 0.475. The first kappa shape index (κ1) is 17.5. The fraction of sp³-hybridized carbons (Fsp3) is 0.588. The molecule has 0 fully saturated rings. The molecule has 0 saturated carbocycles. The number of esters is 1. The van der Waals surface area contributed by atoms with Gasteiger partial charge in [0.15, 0.2) is 0 Å². The van der Waals surface area contributed by atoms with Crippen LogP contribution in [0.5, 0.6) is 5.75 Å². The largest absolute Gasteiger partial charge is 0.491 e. The van der Waals surface area contributed by atoms with Crippen molar-refractivity contribution in [2.24, 2.45) is 0 Å². The van der Waals surface area contributed by atoms with E-state index in [2.05, 4.69) is 38.2 Å². The van der Waals surface area contributed by atoms with E-state index >= 15 is 0 Å². The molecule has 0 amide bonds. The van der Waals surface area contributed by atoms with Crippen LogP contribution in [0.1, 0.15) is 38.8 Å². The first-order chi connectivity index (χ1) is 9.64. The second kappa shape index (κ2) is 6.48. The van der Waals surface area contributed by atoms with Gasteiger partial charge >= 0.3 is 5.97 Å². The topological polar surface area (TPSA) is 47.6 Å². The third-order valence-corrected chi connectivity index (χ3v) is 3.65. The number of aryl methyl sites for hydroxylation is 1. The van der Waals surface area contributed by atoms with Crippen LogP contribution in [0.15, 0.2) is 18.2 Å². The molecule has 0 saturated heterocycles. The second-order valence-electron chi connectivity index (χ2n) is 6.61. The molecule has 0 spiro atoms. The Morgan fingerprint density at radius 3 is 2.33 bits per heavy atom. The van der Waals surface area contributed by atoms with E-state index in [0.29, 0.717) is 0 Å². The number of nitrogens with one attached hydrogen (secondary N) is 1. The molecule has 0 aliphatic rings. The minimum atomic E-state index is -0.867. The Bertz CT molecular complexity index is 505. The average Bonchev–Trinajstić information content (AvgIpc) is 2.42. The zero-order chi connectivity index (χ0) is 16.3. The van der Waals surface area contributed by atoms with Gasteiger partial charge in [-0.1, -0.05) is 32.9 Å². The molecule has 1 atom stereocenters. The van der Waals surface area contributed by atoms with E-state index in [1.165, 1.54) is 7.11 Å². The van der Waals surface area contributed by atoms with Gasteiger partial charge < -0.3 is 14.8 Å². The van der Waals surface area contributed by atoms with Crippen molar-refractivity contribution in [1.82, 2.24) is 5.32 Å². The van der Waals surface area contributed by atoms with E-state index in [0.717, 1.165) is 16.9 Å². The quantitative estimate of drug-likeness (QED) is 0.848. The lowest BCUT2D eigenvalue weighted by molar-refractivity contribution is -0.148. The Morgan fingerprint density at radius 1 is 1.24 bits per heavy atom. The number of likely N-dealkylation sites (N-methyl/N-ethyl adjacent to an activating group) is 1. The van der Waals surface area contributed by atoms with Gasteiger partial charge in [-0.15, -0.1) is 0 Å². The van der Waals surface area contributed by atoms with Crippen molar-refractivity contribution >= 4 is 5.97 Å². The van der Waals surface area contributed by atoms with E-state index in [4.69, 9.17) is 9.47 Å². The summed E-state index contributed by atoms with van der Waals surface area (Å²) in [4.78, 5) is 11.9. The second-order valence-corrected chi connectivity index (χ2v) is 6.61. The van der Waals surface area contributed by atoms with Crippen LogP contribution in [0, 0.1) is 6.92 Å². The summed E-state index contributed by atoms with van der Waals surface area (Å²) in [6, 6.07) is 6.17. The van der Waals surface area contributed by atoms with Crippen LogP contribution in [-0.2, 0) is 14.9 Å². The van der Waals surface area contributed by atoms with E-state index in [1.54, 1.807) is 14.0 Å². The predicted molar refractivity (Wildman–Crippen MR) is 84.9 cm³/mol. The van der Waals surface area contributed by atoms with E-state index in [-0.39, 0.29) is 18.0 Å². The zero-order valence-electron chi connectivity index (χ0n) is 14.2. The highest BCUT2D eigenvalue weighted by atomic mass is 16.5. The minimum absolute atomic E-state index is 0.0235. The number of hydrogen-bond donors (Lipinski definition) is 1. The number of carbonyl (C=O) groups is 1. The summed E-state index contributed by atoms with van der Waals surface area (Å²) in [6.45, 7) is 10.4. The van der Waals surface area contributed by atoms with Crippen LogP contribution < -0.4 is 10.1 Å². The predicted octanol–water partition coefficient (Wildman–Crippen LogP) is 2.82. The Balaban J connectivity index is 3.03. The molecule has 1 aromatic carbocycles. The van der Waals surface area contributed by atoms with Gasteiger partial charge in [-0.2, -0.15) is 0 Å². The maximum absolute atomic E-state index is 11.9. The standard InChI is InChI=1S/C17H27NO3/c1-12-8-9-13(16(2,3)4)14(10-12)21-11-17(5,18-6)15(19)20-7/h8-10,18H,11H2,1-7H3. The molecular weight excluding hydrogens is 266 g/mol. The van der Waals surface area contributed by atoms with E-state index < -0.39 is 5.54 Å². The summed E-state index contributed by atoms with van der Waals surface area (Å²) < 4.78 is 10.8. The van der Waals surface area contributed by atoms with Crippen molar-refractivity contribution in [3.63, 3.8) is 0 Å². The molecule has 0 radical (unpaired) electrons. The van der Waals surface area contributed by atoms with Gasteiger partial charge in [0.2, 0.25) is 0 Å². The van der Waals surface area contributed by atoms with Crippen molar-refractivity contribution in [3.05, 3.63) is 29.3 Å². The Morgan fingerprint density at radius 2 is 1.86 bits per heavy atom. The molecule has 1 N–H and O–H groups in total. The van der Waals surface area contributed by atoms with E-state index in [9.17, 15) is 4.79 Å². The van der Waals surface area contributed by atoms with E-state index in [1.807, 2.05) is 13.0 Å². The van der Waals surface area contributed by atoms with Gasteiger partial charge in [-0.25, -0.2) is 4.79 Å². The lowest BCUT2D eigenvalue weighted by Gasteiger charge is -2.28. The molecule has 0 bridgehead atoms. The third kappa shape index (κ3) is 4.21. The first-order valence-corrected chi connectivity index (χ1v) is 7.15. The normalized spacial score (nSPS) is 14.4. The summed E-state index contributed by atoms with van der Waals surface area (Å²) in [7, 11) is 3.10. The van der Waals surface area contributed by atoms with Crippen LogP contribution in [0.25, 0.3) is 0 Å². The highest BCUT2D eigenvalue weighted by molar-refractivity contribution is 5.80. The van der Waals surface area contributed by atoms with Gasteiger partial charge in [0.05, 0.1) is 7.11 Å². The number of benzene rings is 1. The van der Waals surface area contributed by atoms with Crippen LogP contribution in [0.4, 0.5) is 0 Å². The fourth-order valence-electron chi connectivity index (χ4n) is 2.05. The van der Waals surface area contributed by atoms with Crippen molar-refractivity contribution in [1.29, 1.82) is 0 Å². The number of ether oxygens (including phenoxy) is 2. The molecule has 21 heavy (non-hydrogen) atoms. The number of methoxy groups -OCH3 is 1. The lowest BCUT2D eigenvalue weighted by Crippen LogP contribution is -2.53. The Hall–Kier alpha value is -1.55. The van der Waals surface area contributed by atoms with Crippen molar-refractivity contribution in [2.75, 3.05) is 20.8 Å². The minimum Gasteiger partial charge on any atom is -0.491 e. The van der Waals surface area contributed by atoms with Gasteiger partial charge in [0, 0.05) is 0 Å². The smallest absolute Gasteiger partial charge is 0.329 e. The zero-order valence-corrected chi connectivity index (χ0v) is 14.2. The maximum atomic E-state index is 11.9. The molecule has 0 heterocycles. The van der Waals surface area contributed by atoms with Crippen LogP contribution in [0.2, 0.25) is 0 Å². The molecule has 4 heteroatoms. The van der Waals surface area contributed by atoms with Crippen LogP contribution >= 0.6 is 0 Å². The number of hydrogen-bond acceptors (Lipinski definition) is 4. The summed E-state index contributed by atoms with van der Waals surface area (Å²) in [6.07, 6.45) is 0. The number of rotatable bonds is 5. The van der Waals surface area contributed by atoms with Crippen molar-refractivity contribution < 1.29 is 14.3 Å². The van der Waals surface area contributed by atoms with Gasteiger partial charge in [0.25, 0.3) is 0 Å². The number of carbonyl (C=O) groups excluding carboxylic acids is 1. The van der Waals surface area contributed by atoms with Crippen molar-refractivity contribution in [2.45, 2.75) is 45.6 Å². The van der Waals surface area contributed by atoms with Crippen molar-refractivity contribution in [3.8, 4) is 5.75 Å². The molecule has 0 aliphatic carbocycles. The summed E-state index contributed by atoms with van der Waals surface area (Å²) >= 11 is 0. The Labute approximate surface area is 127 Å². The molecular formula is C17H27NO3. The third-order valence-electron chi connectivity index (χ3n) is 3.65. The van der Waals surface area contributed by atoms with Gasteiger partial charge in [-0.3, -0.25) is 0 Å². The highest BCUT2D eigenvalue weighted by Crippen LogP contribution is 2.32. The average molecular weight is 293 g/mol. The molecule has 1 aromatic rings. The SMILES string of the molecule is CNC(C)(COc1cc(C)ccc1C(C)(C)C)C(=O)OC. The molecule has 1 unspecified atom stereocenters. The maximum Gasteiger partial charge on any atom is 0.329 e. The fourth-order valence-corrected chi connectivity index (χ4v) is 2.05. The monoisotopic (exact) mass is 293 g/mol. The van der Waals surface area contributed by atoms with Gasteiger partial charge in [-0.05, 0) is 43.5 Å². The van der Waals surface area contributed by atoms with Gasteiger partial charge in [0.1, 0.15) is 17.9 Å². The summed E-state index contributed by atoms with van der Waals surface area (Å²) in [5.41, 5.74) is 1.36. The molecule has 0 aromatic heterocycles. The summed E-state index contributed by atoms with van der Waals surface area (Å²) in [5, 5.41) is 2.97. The molecule has 1 rings (SSSR count). The highest BCUT2D eigenvalue weighted by Gasteiger charge is 2.34.